The smallest absolute Gasteiger partial charge is 0.416 e. The Hall–Kier alpha value is -1.20. The summed E-state index contributed by atoms with van der Waals surface area (Å²) in [5.41, 5.74) is -0.802. The lowest BCUT2D eigenvalue weighted by molar-refractivity contribution is -0.137. The molecule has 0 spiro atoms. The summed E-state index contributed by atoms with van der Waals surface area (Å²) in [5, 5.41) is 0. The van der Waals surface area contributed by atoms with Gasteiger partial charge < -0.3 is 4.74 Å². The second-order valence-electron chi connectivity index (χ2n) is 4.20. The van der Waals surface area contributed by atoms with E-state index in [0.29, 0.717) is 6.42 Å². The fourth-order valence-electron chi connectivity index (χ4n) is 1.51. The van der Waals surface area contributed by atoms with Gasteiger partial charge in [0.05, 0.1) is 17.7 Å². The van der Waals surface area contributed by atoms with Crippen LogP contribution in [0.1, 0.15) is 30.9 Å². The van der Waals surface area contributed by atoms with Crippen LogP contribution in [0.3, 0.4) is 0 Å². The monoisotopic (exact) mass is 340 g/mol. The maximum absolute atomic E-state index is 12.5. The topological polar surface area (TPSA) is 26.3 Å². The van der Waals surface area contributed by atoms with Gasteiger partial charge in [0.1, 0.15) is 4.49 Å². The Bertz CT molecular complexity index is 518. The van der Waals surface area contributed by atoms with E-state index in [-0.39, 0.29) is 22.2 Å². The number of alkyl halides is 3. The van der Waals surface area contributed by atoms with E-state index < -0.39 is 17.7 Å². The Labute approximate surface area is 130 Å². The van der Waals surface area contributed by atoms with Gasteiger partial charge in [-0.05, 0) is 24.1 Å². The molecule has 0 amide bonds. The molecule has 0 aliphatic rings. The zero-order valence-electron chi connectivity index (χ0n) is 11.1. The predicted octanol–water partition coefficient (Wildman–Crippen LogP) is 5.19. The van der Waals surface area contributed by atoms with Gasteiger partial charge in [0, 0.05) is 0 Å². The molecule has 0 N–H and O–H groups in total. The highest BCUT2D eigenvalue weighted by Gasteiger charge is 2.30. The molecule has 0 unspecified atom stereocenters. The second-order valence-corrected chi connectivity index (χ2v) is 5.15. The van der Waals surface area contributed by atoms with Crippen LogP contribution < -0.4 is 0 Å². The zero-order chi connectivity index (χ0) is 16.0. The Morgan fingerprint density at radius 3 is 2.19 bits per heavy atom. The number of unbranched alkanes of at least 4 members (excludes halogenated alkanes) is 1. The van der Waals surface area contributed by atoms with E-state index in [2.05, 4.69) is 0 Å². The van der Waals surface area contributed by atoms with E-state index in [9.17, 15) is 18.0 Å². The molecule has 0 saturated carbocycles. The van der Waals surface area contributed by atoms with Gasteiger partial charge in [0.15, 0.2) is 0 Å². The first-order valence-corrected chi connectivity index (χ1v) is 6.93. The van der Waals surface area contributed by atoms with Crippen molar-refractivity contribution in [2.75, 3.05) is 6.61 Å². The maximum atomic E-state index is 12.5. The van der Waals surface area contributed by atoms with E-state index >= 15 is 0 Å². The first kappa shape index (κ1) is 17.9. The minimum atomic E-state index is -4.45. The van der Waals surface area contributed by atoms with Crippen molar-refractivity contribution in [1.82, 2.24) is 0 Å². The predicted molar refractivity (Wildman–Crippen MR) is 75.9 cm³/mol. The molecule has 1 aromatic rings. The minimum absolute atomic E-state index is 0.150. The number of carbonyl (C=O) groups excluding carboxylic acids is 1. The lowest BCUT2D eigenvalue weighted by Gasteiger charge is -2.10. The van der Waals surface area contributed by atoms with Crippen LogP contribution in [0.15, 0.2) is 28.8 Å². The third-order valence-electron chi connectivity index (χ3n) is 2.63. The molecular weight excluding hydrogens is 328 g/mol. The Morgan fingerprint density at radius 2 is 1.76 bits per heavy atom. The number of halogens is 5. The standard InChI is InChI=1S/C14H13Cl2F3O2/c1-2-3-8-21-13(20)11(12(15)16)9-4-6-10(7-5-9)14(17,18)19/h4-7H,2-3,8H2,1H3. The largest absolute Gasteiger partial charge is 0.462 e. The second kappa shape index (κ2) is 7.71. The van der Waals surface area contributed by atoms with E-state index in [1.54, 1.807) is 0 Å². The summed E-state index contributed by atoms with van der Waals surface area (Å²) in [4.78, 5) is 11.9. The van der Waals surface area contributed by atoms with Gasteiger partial charge in [-0.15, -0.1) is 0 Å². The van der Waals surface area contributed by atoms with Crippen molar-refractivity contribution >= 4 is 34.7 Å². The van der Waals surface area contributed by atoms with Gasteiger partial charge in [-0.25, -0.2) is 4.79 Å². The summed E-state index contributed by atoms with van der Waals surface area (Å²) in [6, 6.07) is 3.96. The first-order chi connectivity index (χ1) is 9.77. The molecule has 2 nitrogen and oxygen atoms in total. The Kier molecular flexibility index (Phi) is 6.55. The molecule has 1 aromatic carbocycles. The molecule has 0 fully saturated rings. The molecular formula is C14H13Cl2F3O2. The quantitative estimate of drug-likeness (QED) is 0.418. The van der Waals surface area contributed by atoms with Crippen LogP contribution in [0.2, 0.25) is 0 Å². The molecule has 0 aromatic heterocycles. The van der Waals surface area contributed by atoms with E-state index in [0.717, 1.165) is 30.7 Å². The fraction of sp³-hybridized carbons (Fsp3) is 0.357. The lowest BCUT2D eigenvalue weighted by atomic mass is 10.1. The summed E-state index contributed by atoms with van der Waals surface area (Å²) in [5.74, 6) is -0.761. The van der Waals surface area contributed by atoms with Crippen LogP contribution in [0, 0.1) is 0 Å². The highest BCUT2D eigenvalue weighted by Crippen LogP contribution is 2.32. The third kappa shape index (κ3) is 5.25. The van der Waals surface area contributed by atoms with Crippen LogP contribution in [0.25, 0.3) is 5.57 Å². The van der Waals surface area contributed by atoms with E-state index in [1.807, 2.05) is 6.92 Å². The average Bonchev–Trinajstić information content (AvgIpc) is 2.38. The normalized spacial score (nSPS) is 11.1. The van der Waals surface area contributed by atoms with Crippen molar-refractivity contribution in [1.29, 1.82) is 0 Å². The molecule has 0 aliphatic carbocycles. The van der Waals surface area contributed by atoms with Crippen LogP contribution in [-0.2, 0) is 15.7 Å². The molecule has 1 rings (SSSR count). The summed E-state index contributed by atoms with van der Waals surface area (Å²) in [6.07, 6.45) is -2.94. The van der Waals surface area contributed by atoms with Crippen LogP contribution in [0.4, 0.5) is 13.2 Å². The summed E-state index contributed by atoms with van der Waals surface area (Å²) >= 11 is 11.3. The number of hydrogen-bond donors (Lipinski definition) is 0. The average molecular weight is 341 g/mol. The molecule has 0 atom stereocenters. The third-order valence-corrected chi connectivity index (χ3v) is 3.00. The molecule has 116 valence electrons. The van der Waals surface area contributed by atoms with Gasteiger partial charge in [-0.1, -0.05) is 48.7 Å². The van der Waals surface area contributed by atoms with Crippen LogP contribution in [-0.4, -0.2) is 12.6 Å². The molecule has 0 bridgehead atoms. The number of benzene rings is 1. The van der Waals surface area contributed by atoms with E-state index in [4.69, 9.17) is 27.9 Å². The summed E-state index contributed by atoms with van der Waals surface area (Å²) in [7, 11) is 0. The Morgan fingerprint density at radius 1 is 1.19 bits per heavy atom. The molecule has 21 heavy (non-hydrogen) atoms. The van der Waals surface area contributed by atoms with Crippen molar-refractivity contribution in [2.24, 2.45) is 0 Å². The Balaban J connectivity index is 2.98. The maximum Gasteiger partial charge on any atom is 0.416 e. The number of carbonyl (C=O) groups is 1. The molecule has 0 heterocycles. The van der Waals surface area contributed by atoms with Gasteiger partial charge in [-0.3, -0.25) is 0 Å². The highest BCUT2D eigenvalue weighted by atomic mass is 35.5. The van der Waals surface area contributed by atoms with Crippen molar-refractivity contribution in [2.45, 2.75) is 25.9 Å². The number of ether oxygens (including phenoxy) is 1. The van der Waals surface area contributed by atoms with Crippen LogP contribution in [0.5, 0.6) is 0 Å². The van der Waals surface area contributed by atoms with E-state index in [1.165, 1.54) is 0 Å². The molecule has 0 saturated heterocycles. The minimum Gasteiger partial charge on any atom is -0.462 e. The SMILES string of the molecule is CCCCOC(=O)C(=C(Cl)Cl)c1ccc(C(F)(F)F)cc1. The van der Waals surface area contributed by atoms with Gasteiger partial charge in [0.25, 0.3) is 0 Å². The number of hydrogen-bond acceptors (Lipinski definition) is 2. The summed E-state index contributed by atoms with van der Waals surface area (Å²) < 4.78 is 42.1. The number of rotatable bonds is 5. The summed E-state index contributed by atoms with van der Waals surface area (Å²) in [6.45, 7) is 2.12. The van der Waals surface area contributed by atoms with Crippen molar-refractivity contribution < 1.29 is 22.7 Å². The molecule has 7 heteroatoms. The van der Waals surface area contributed by atoms with Crippen LogP contribution >= 0.6 is 23.2 Å². The van der Waals surface area contributed by atoms with Gasteiger partial charge in [0.2, 0.25) is 0 Å². The van der Waals surface area contributed by atoms with Crippen molar-refractivity contribution in [3.05, 3.63) is 39.9 Å². The fourth-order valence-corrected chi connectivity index (χ4v) is 1.88. The molecule has 0 radical (unpaired) electrons. The molecule has 0 aliphatic heterocycles. The van der Waals surface area contributed by atoms with Crippen molar-refractivity contribution in [3.8, 4) is 0 Å². The first-order valence-electron chi connectivity index (χ1n) is 6.17. The van der Waals surface area contributed by atoms with Gasteiger partial charge in [-0.2, -0.15) is 13.2 Å². The zero-order valence-corrected chi connectivity index (χ0v) is 12.6. The van der Waals surface area contributed by atoms with Crippen molar-refractivity contribution in [3.63, 3.8) is 0 Å². The highest BCUT2D eigenvalue weighted by molar-refractivity contribution is 6.61. The number of esters is 1. The lowest BCUT2D eigenvalue weighted by Crippen LogP contribution is -2.10. The van der Waals surface area contributed by atoms with Gasteiger partial charge >= 0.3 is 12.1 Å².